The Morgan fingerprint density at radius 2 is 1.96 bits per heavy atom. The van der Waals surface area contributed by atoms with Crippen LogP contribution in [-0.4, -0.2) is 34.6 Å². The van der Waals surface area contributed by atoms with Gasteiger partial charge in [-0.3, -0.25) is 4.79 Å². The zero-order valence-corrected chi connectivity index (χ0v) is 16.3. The summed E-state index contributed by atoms with van der Waals surface area (Å²) < 4.78 is 5.63. The van der Waals surface area contributed by atoms with E-state index < -0.39 is 0 Å². The van der Waals surface area contributed by atoms with E-state index in [2.05, 4.69) is 36.3 Å². The van der Waals surface area contributed by atoms with Crippen molar-refractivity contribution in [1.82, 2.24) is 15.3 Å². The van der Waals surface area contributed by atoms with E-state index in [4.69, 9.17) is 15.5 Å². The molecule has 146 valence electrons. The number of aryl methyl sites for hydroxylation is 2. The molecule has 0 saturated carbocycles. The molecule has 2 atom stereocenters. The zero-order chi connectivity index (χ0) is 19.7. The largest absolute Gasteiger partial charge is 0.364 e. The van der Waals surface area contributed by atoms with Crippen LogP contribution in [0.25, 0.3) is 22.4 Å². The Bertz CT molecular complexity index is 955. The summed E-state index contributed by atoms with van der Waals surface area (Å²) in [6.07, 6.45) is 1.21. The molecular weight excluding hydrogens is 352 g/mol. The fourth-order valence-electron chi connectivity index (χ4n) is 3.56. The summed E-state index contributed by atoms with van der Waals surface area (Å²) in [7, 11) is 0. The van der Waals surface area contributed by atoms with Crippen LogP contribution in [0.5, 0.6) is 0 Å². The third kappa shape index (κ3) is 3.79. The normalized spacial score (nSPS) is 19.2. The van der Waals surface area contributed by atoms with Crippen molar-refractivity contribution < 1.29 is 9.53 Å². The third-order valence-corrected chi connectivity index (χ3v) is 5.45. The molecule has 0 bridgehead atoms. The second-order valence-electron chi connectivity index (χ2n) is 7.51. The first-order valence-electron chi connectivity index (χ1n) is 9.73. The number of aromatic nitrogens is 2. The highest BCUT2D eigenvalue weighted by atomic mass is 16.5. The molecule has 28 heavy (non-hydrogen) atoms. The fraction of sp³-hybridized carbons (Fsp3) is 0.364. The van der Waals surface area contributed by atoms with Crippen LogP contribution in [0.4, 0.5) is 0 Å². The molecule has 3 aromatic rings. The molecule has 2 aromatic carbocycles. The van der Waals surface area contributed by atoms with Crippen LogP contribution in [0.2, 0.25) is 0 Å². The molecule has 6 nitrogen and oxygen atoms in total. The van der Waals surface area contributed by atoms with Gasteiger partial charge in [0.1, 0.15) is 11.9 Å². The number of benzene rings is 2. The number of amides is 1. The Labute approximate surface area is 164 Å². The number of carbonyl (C=O) groups is 1. The predicted octanol–water partition coefficient (Wildman–Crippen LogP) is 2.97. The molecule has 0 radical (unpaired) electrons. The number of nitrogens with zero attached hydrogens (tertiary/aromatic N) is 1. The van der Waals surface area contributed by atoms with Crippen molar-refractivity contribution in [3.8, 4) is 11.4 Å². The van der Waals surface area contributed by atoms with Crippen molar-refractivity contribution in [3.05, 3.63) is 53.1 Å². The Hall–Kier alpha value is -2.70. The van der Waals surface area contributed by atoms with Gasteiger partial charge in [0.05, 0.1) is 17.1 Å². The van der Waals surface area contributed by atoms with E-state index in [1.54, 1.807) is 0 Å². The van der Waals surface area contributed by atoms with Crippen LogP contribution in [-0.2, 0) is 16.1 Å². The lowest BCUT2D eigenvalue weighted by molar-refractivity contribution is -0.132. The number of fused-ring (bicyclic) bond motifs is 1. The molecule has 4 rings (SSSR count). The Balaban J connectivity index is 1.41. The van der Waals surface area contributed by atoms with Gasteiger partial charge in [-0.05, 0) is 55.5 Å². The van der Waals surface area contributed by atoms with E-state index in [0.29, 0.717) is 13.1 Å². The standard InChI is InChI=1S/C22H26N4O2/c1-13-9-18-19(10-14(13)2)26-21(25-18)16-5-3-15(4-6-16)12-24-22(27)20-8-7-17(11-23)28-20/h3-6,9-10,17,20H,7-8,11-12,23H2,1-2H3,(H,24,27)(H,25,26)/t17-,20+/m1/s1. The van der Waals surface area contributed by atoms with Gasteiger partial charge in [0, 0.05) is 18.7 Å². The minimum Gasteiger partial charge on any atom is -0.364 e. The van der Waals surface area contributed by atoms with Crippen LogP contribution in [0.3, 0.4) is 0 Å². The highest BCUT2D eigenvalue weighted by Gasteiger charge is 2.29. The molecule has 1 aromatic heterocycles. The molecule has 1 fully saturated rings. The average molecular weight is 378 g/mol. The molecule has 0 spiro atoms. The highest BCUT2D eigenvalue weighted by molar-refractivity contribution is 5.81. The predicted molar refractivity (Wildman–Crippen MR) is 110 cm³/mol. The first-order chi connectivity index (χ1) is 13.5. The molecule has 1 saturated heterocycles. The summed E-state index contributed by atoms with van der Waals surface area (Å²) in [5.74, 6) is 0.783. The minimum atomic E-state index is -0.379. The fourth-order valence-corrected chi connectivity index (χ4v) is 3.56. The maximum absolute atomic E-state index is 12.2. The van der Waals surface area contributed by atoms with Gasteiger partial charge in [-0.15, -0.1) is 0 Å². The molecule has 0 unspecified atom stereocenters. The van der Waals surface area contributed by atoms with Crippen LogP contribution < -0.4 is 11.1 Å². The Morgan fingerprint density at radius 3 is 2.68 bits per heavy atom. The molecule has 6 heteroatoms. The molecule has 4 N–H and O–H groups in total. The smallest absolute Gasteiger partial charge is 0.249 e. The van der Waals surface area contributed by atoms with Gasteiger partial charge in [-0.25, -0.2) is 4.98 Å². The number of carbonyl (C=O) groups excluding carboxylic acids is 1. The SMILES string of the molecule is Cc1cc2nc(-c3ccc(CNC(=O)[C@@H]4CC[C@H](CN)O4)cc3)[nH]c2cc1C. The molecule has 0 aliphatic carbocycles. The van der Waals surface area contributed by atoms with Crippen molar-refractivity contribution in [2.45, 2.75) is 45.4 Å². The number of hydrogen-bond acceptors (Lipinski definition) is 4. The number of hydrogen-bond donors (Lipinski definition) is 3. The van der Waals surface area contributed by atoms with Gasteiger partial charge >= 0.3 is 0 Å². The summed E-state index contributed by atoms with van der Waals surface area (Å²) >= 11 is 0. The minimum absolute atomic E-state index is 0.00594. The van der Waals surface area contributed by atoms with Crippen molar-refractivity contribution in [2.24, 2.45) is 5.73 Å². The first kappa shape index (κ1) is 18.7. The third-order valence-electron chi connectivity index (χ3n) is 5.45. The van der Waals surface area contributed by atoms with Gasteiger partial charge in [-0.1, -0.05) is 24.3 Å². The van der Waals surface area contributed by atoms with Crippen molar-refractivity contribution in [3.63, 3.8) is 0 Å². The molecular formula is C22H26N4O2. The van der Waals surface area contributed by atoms with Crippen LogP contribution in [0, 0.1) is 13.8 Å². The number of nitrogens with one attached hydrogen (secondary N) is 2. The Kier molecular flexibility index (Phi) is 5.15. The van der Waals surface area contributed by atoms with Crippen molar-refractivity contribution in [1.29, 1.82) is 0 Å². The summed E-state index contributed by atoms with van der Waals surface area (Å²) in [5, 5.41) is 2.95. The summed E-state index contributed by atoms with van der Waals surface area (Å²) in [6.45, 7) is 5.14. The molecule has 2 heterocycles. The average Bonchev–Trinajstić information content (AvgIpc) is 3.34. The van der Waals surface area contributed by atoms with Gasteiger partial charge in [-0.2, -0.15) is 0 Å². The monoisotopic (exact) mass is 378 g/mol. The van der Waals surface area contributed by atoms with Gasteiger partial charge < -0.3 is 20.8 Å². The number of H-pyrrole nitrogens is 1. The number of aromatic amines is 1. The summed E-state index contributed by atoms with van der Waals surface area (Å²) in [5.41, 5.74) is 12.2. The van der Waals surface area contributed by atoms with E-state index in [9.17, 15) is 4.79 Å². The van der Waals surface area contributed by atoms with E-state index >= 15 is 0 Å². The van der Waals surface area contributed by atoms with E-state index in [0.717, 1.165) is 40.8 Å². The lowest BCUT2D eigenvalue weighted by atomic mass is 10.1. The van der Waals surface area contributed by atoms with Crippen LogP contribution >= 0.6 is 0 Å². The van der Waals surface area contributed by atoms with Crippen molar-refractivity contribution in [2.75, 3.05) is 6.54 Å². The molecule has 1 aliphatic heterocycles. The first-order valence-corrected chi connectivity index (χ1v) is 9.73. The number of imidazole rings is 1. The quantitative estimate of drug-likeness (QED) is 0.636. The van der Waals surface area contributed by atoms with Crippen LogP contribution in [0.1, 0.15) is 29.5 Å². The second-order valence-corrected chi connectivity index (χ2v) is 7.51. The lowest BCUT2D eigenvalue weighted by Gasteiger charge is -2.12. The zero-order valence-electron chi connectivity index (χ0n) is 16.3. The molecule has 1 aliphatic rings. The van der Waals surface area contributed by atoms with Crippen molar-refractivity contribution >= 4 is 16.9 Å². The van der Waals surface area contributed by atoms with Gasteiger partial charge in [0.25, 0.3) is 0 Å². The highest BCUT2D eigenvalue weighted by Crippen LogP contribution is 2.23. The topological polar surface area (TPSA) is 93.0 Å². The summed E-state index contributed by atoms with van der Waals surface area (Å²) in [4.78, 5) is 20.3. The van der Waals surface area contributed by atoms with Crippen LogP contribution in [0.15, 0.2) is 36.4 Å². The molecule has 1 amide bonds. The second kappa shape index (κ2) is 7.73. The van der Waals surface area contributed by atoms with E-state index in [-0.39, 0.29) is 18.1 Å². The number of rotatable bonds is 5. The van der Waals surface area contributed by atoms with Gasteiger partial charge in [0.2, 0.25) is 5.91 Å². The maximum Gasteiger partial charge on any atom is 0.249 e. The summed E-state index contributed by atoms with van der Waals surface area (Å²) in [6, 6.07) is 12.3. The van der Waals surface area contributed by atoms with E-state index in [1.165, 1.54) is 11.1 Å². The lowest BCUT2D eigenvalue weighted by Crippen LogP contribution is -2.35. The maximum atomic E-state index is 12.2. The number of nitrogens with two attached hydrogens (primary N) is 1. The van der Waals surface area contributed by atoms with Gasteiger partial charge in [0.15, 0.2) is 0 Å². The Morgan fingerprint density at radius 1 is 1.21 bits per heavy atom. The number of ether oxygens (including phenoxy) is 1. The van der Waals surface area contributed by atoms with E-state index in [1.807, 2.05) is 24.3 Å².